The molecule has 1 atom stereocenters. The lowest BCUT2D eigenvalue weighted by molar-refractivity contribution is -0.131. The molecule has 0 rings (SSSR count). The molecule has 0 fully saturated rings. The molecule has 0 aliphatic heterocycles. The zero-order chi connectivity index (χ0) is 14.6. The number of rotatable bonds is 7. The van der Waals surface area contributed by atoms with E-state index in [0.29, 0.717) is 0 Å². The minimum atomic E-state index is -4.17. The highest BCUT2D eigenvalue weighted by atomic mass is 28.5. The van der Waals surface area contributed by atoms with Gasteiger partial charge in [0, 0.05) is 13.5 Å². The lowest BCUT2D eigenvalue weighted by Gasteiger charge is -2.36. The van der Waals surface area contributed by atoms with E-state index in [0.717, 1.165) is 0 Å². The van der Waals surface area contributed by atoms with E-state index in [-0.39, 0.29) is 6.04 Å². The topological polar surface area (TPSA) is 27.7 Å². The van der Waals surface area contributed by atoms with Crippen LogP contribution in [0.3, 0.4) is 0 Å². The van der Waals surface area contributed by atoms with E-state index >= 15 is 0 Å². The lowest BCUT2D eigenvalue weighted by Crippen LogP contribution is -2.52. The highest BCUT2D eigenvalue weighted by Crippen LogP contribution is 2.29. The second-order valence-corrected chi connectivity index (χ2v) is 15.0. The van der Waals surface area contributed by atoms with Crippen LogP contribution < -0.4 is 0 Å². The Hall–Kier alpha value is 0.321. The van der Waals surface area contributed by atoms with Gasteiger partial charge < -0.3 is 12.7 Å². The Kier molecular flexibility index (Phi) is 6.78. The van der Waals surface area contributed by atoms with Gasteiger partial charge in [-0.3, -0.25) is 0 Å². The van der Waals surface area contributed by atoms with Gasteiger partial charge >= 0.3 is 23.3 Å². The zero-order valence-corrected chi connectivity index (χ0v) is 15.0. The van der Waals surface area contributed by atoms with Crippen molar-refractivity contribution in [3.05, 3.63) is 0 Å². The van der Waals surface area contributed by atoms with Gasteiger partial charge in [-0.15, -0.1) is 0 Å². The molecule has 0 heterocycles. The summed E-state index contributed by atoms with van der Waals surface area (Å²) in [5.74, 6) is 0. The number of hydrogen-bond donors (Lipinski definition) is 0. The van der Waals surface area contributed by atoms with Crippen LogP contribution in [0.4, 0.5) is 13.2 Å². The van der Waals surface area contributed by atoms with E-state index in [9.17, 15) is 13.2 Å². The maximum absolute atomic E-state index is 12.3. The maximum Gasteiger partial charge on any atom is 0.389 e. The highest BCUT2D eigenvalue weighted by molar-refractivity contribution is 6.82. The van der Waals surface area contributed by atoms with Crippen LogP contribution in [0.5, 0.6) is 0 Å². The predicted molar refractivity (Wildman–Crippen MR) is 72.6 cm³/mol. The molecule has 0 bridgehead atoms. The molecule has 3 nitrogen and oxygen atoms in total. The number of alkyl halides is 3. The Labute approximate surface area is 111 Å². The van der Waals surface area contributed by atoms with E-state index in [2.05, 4.69) is 0 Å². The summed E-state index contributed by atoms with van der Waals surface area (Å²) in [7, 11) is -5.10. The van der Waals surface area contributed by atoms with Crippen molar-refractivity contribution in [3.8, 4) is 0 Å². The van der Waals surface area contributed by atoms with Crippen LogP contribution in [0, 0.1) is 0 Å². The average Bonchev–Trinajstić information content (AvgIpc) is 2.12. The fourth-order valence-corrected chi connectivity index (χ4v) is 12.3. The van der Waals surface area contributed by atoms with E-state index < -0.39 is 38.8 Å². The summed E-state index contributed by atoms with van der Waals surface area (Å²) in [6.45, 7) is 9.21. The van der Waals surface area contributed by atoms with Crippen molar-refractivity contribution in [2.45, 2.75) is 51.4 Å². The SMILES string of the molecule is CO[Si](C)(C)O[Si](C)(CCC(F)(F)F)O[SiH](C)C. The molecule has 0 saturated heterocycles. The fourth-order valence-electron chi connectivity index (χ4n) is 1.56. The van der Waals surface area contributed by atoms with Crippen LogP contribution in [0.1, 0.15) is 6.42 Å². The van der Waals surface area contributed by atoms with E-state index in [4.69, 9.17) is 12.7 Å². The predicted octanol–water partition coefficient (Wildman–Crippen LogP) is 3.38. The second-order valence-electron chi connectivity index (χ2n) is 5.12. The molecule has 1 unspecified atom stereocenters. The molecule has 0 aromatic rings. The van der Waals surface area contributed by atoms with Crippen molar-refractivity contribution in [1.29, 1.82) is 0 Å². The standard InChI is InChI=1S/C9H23F3O3Si3/c1-13-17(4,5)15-18(6,14-16(2)3)8-7-9(10,11)12/h16H,7-8H2,1-6H3. The third kappa shape index (κ3) is 8.43. The molecule has 18 heavy (non-hydrogen) atoms. The Morgan fingerprint density at radius 3 is 1.94 bits per heavy atom. The van der Waals surface area contributed by atoms with Gasteiger partial charge in [-0.1, -0.05) is 0 Å². The monoisotopic (exact) mass is 320 g/mol. The molecule has 0 amide bonds. The minimum absolute atomic E-state index is 0.0680. The summed E-state index contributed by atoms with van der Waals surface area (Å²) in [6, 6.07) is -0.0680. The lowest BCUT2D eigenvalue weighted by atomic mass is 10.5. The first-order valence-electron chi connectivity index (χ1n) is 5.89. The molecule has 0 saturated carbocycles. The molecule has 0 aliphatic carbocycles. The quantitative estimate of drug-likeness (QED) is 0.673. The fraction of sp³-hybridized carbons (Fsp3) is 1.00. The third-order valence-corrected chi connectivity index (χ3v) is 12.0. The Balaban J connectivity index is 4.72. The molecule has 9 heteroatoms. The Bertz CT molecular complexity index is 261. The van der Waals surface area contributed by atoms with Crippen molar-refractivity contribution >= 4 is 26.2 Å². The van der Waals surface area contributed by atoms with Crippen molar-refractivity contribution in [3.63, 3.8) is 0 Å². The molecular formula is C9H23F3O3Si3. The van der Waals surface area contributed by atoms with Crippen LogP contribution in [-0.4, -0.2) is 39.4 Å². The Morgan fingerprint density at radius 1 is 1.11 bits per heavy atom. The van der Waals surface area contributed by atoms with Gasteiger partial charge in [0.05, 0.1) is 0 Å². The summed E-state index contributed by atoms with van der Waals surface area (Å²) < 4.78 is 53.9. The number of hydrogen-bond acceptors (Lipinski definition) is 3. The molecule has 110 valence electrons. The largest absolute Gasteiger partial charge is 0.439 e. The summed E-state index contributed by atoms with van der Waals surface area (Å²) in [4.78, 5) is 0. The van der Waals surface area contributed by atoms with Gasteiger partial charge in [0.15, 0.2) is 9.04 Å². The molecule has 0 aromatic heterocycles. The van der Waals surface area contributed by atoms with Crippen LogP contribution in [0.2, 0.25) is 38.8 Å². The normalized spacial score (nSPS) is 17.0. The summed E-state index contributed by atoms with van der Waals surface area (Å²) in [5.41, 5.74) is 0. The van der Waals surface area contributed by atoms with Crippen molar-refractivity contribution in [2.75, 3.05) is 7.11 Å². The first-order valence-corrected chi connectivity index (χ1v) is 14.0. The first-order chi connectivity index (χ1) is 7.89. The molecule has 0 N–H and O–H groups in total. The third-order valence-electron chi connectivity index (χ3n) is 2.30. The smallest absolute Gasteiger partial charge is 0.389 e. The number of halogens is 3. The van der Waals surface area contributed by atoms with Crippen LogP contribution in [0.15, 0.2) is 0 Å². The maximum atomic E-state index is 12.3. The van der Waals surface area contributed by atoms with Crippen LogP contribution in [0.25, 0.3) is 0 Å². The summed E-state index contributed by atoms with van der Waals surface area (Å²) in [6.07, 6.45) is -5.02. The molecule has 0 spiro atoms. The van der Waals surface area contributed by atoms with Gasteiger partial charge in [-0.2, -0.15) is 13.2 Å². The molecule has 0 aliphatic rings. The van der Waals surface area contributed by atoms with Crippen LogP contribution in [-0.2, 0) is 12.7 Å². The van der Waals surface area contributed by atoms with E-state index in [1.807, 2.05) is 26.2 Å². The average molecular weight is 321 g/mol. The molecule has 0 aromatic carbocycles. The van der Waals surface area contributed by atoms with Gasteiger partial charge in [0.1, 0.15) is 0 Å². The van der Waals surface area contributed by atoms with E-state index in [1.165, 1.54) is 7.11 Å². The minimum Gasteiger partial charge on any atom is -0.439 e. The zero-order valence-electron chi connectivity index (χ0n) is 11.9. The van der Waals surface area contributed by atoms with Crippen molar-refractivity contribution < 1.29 is 25.8 Å². The Morgan fingerprint density at radius 2 is 1.61 bits per heavy atom. The molecule has 0 radical (unpaired) electrons. The van der Waals surface area contributed by atoms with Crippen LogP contribution >= 0.6 is 0 Å². The molecular weight excluding hydrogens is 297 g/mol. The first kappa shape index (κ1) is 18.3. The van der Waals surface area contributed by atoms with Gasteiger partial charge in [0.25, 0.3) is 0 Å². The van der Waals surface area contributed by atoms with Gasteiger partial charge in [0.2, 0.25) is 0 Å². The second kappa shape index (κ2) is 6.66. The van der Waals surface area contributed by atoms with Gasteiger partial charge in [-0.25, -0.2) is 0 Å². The van der Waals surface area contributed by atoms with E-state index in [1.54, 1.807) is 6.55 Å². The van der Waals surface area contributed by atoms with Crippen molar-refractivity contribution in [1.82, 2.24) is 0 Å². The van der Waals surface area contributed by atoms with Crippen molar-refractivity contribution in [2.24, 2.45) is 0 Å². The summed E-state index contributed by atoms with van der Waals surface area (Å²) in [5, 5.41) is 0. The van der Waals surface area contributed by atoms with Gasteiger partial charge in [-0.05, 0) is 38.8 Å². The highest BCUT2D eigenvalue weighted by Gasteiger charge is 2.43. The summed E-state index contributed by atoms with van der Waals surface area (Å²) >= 11 is 0.